The number of benzene rings is 4. The van der Waals surface area contributed by atoms with E-state index >= 15 is 0 Å². The van der Waals surface area contributed by atoms with Crippen LogP contribution in [0.15, 0.2) is 84.9 Å². The van der Waals surface area contributed by atoms with Gasteiger partial charge in [0.05, 0.1) is 19.3 Å². The zero-order valence-electron chi connectivity index (χ0n) is 17.9. The normalized spacial score (nSPS) is 12.4. The number of rotatable bonds is 2. The molecule has 0 fully saturated rings. The fourth-order valence-electron chi connectivity index (χ4n) is 4.69. The second kappa shape index (κ2) is 6.74. The van der Waals surface area contributed by atoms with Crippen molar-refractivity contribution in [2.45, 2.75) is 19.6 Å². The summed E-state index contributed by atoms with van der Waals surface area (Å²) >= 11 is 1.88. The maximum absolute atomic E-state index is 5.22. The fraction of sp³-hybridized carbons (Fsp3) is 0.107. The molecule has 0 saturated heterocycles. The molecule has 0 spiro atoms. The van der Waals surface area contributed by atoms with Crippen LogP contribution in [0.3, 0.4) is 0 Å². The Labute approximate surface area is 187 Å². The Bertz CT molecular complexity index is 1620. The molecule has 0 aliphatic heterocycles. The first-order valence-electron chi connectivity index (χ1n) is 10.7. The van der Waals surface area contributed by atoms with Crippen molar-refractivity contribution in [3.63, 3.8) is 0 Å². The maximum Gasteiger partial charge on any atom is 0.0786 e. The first-order valence-corrected chi connectivity index (χ1v) is 15.1. The van der Waals surface area contributed by atoms with Crippen LogP contribution in [0.2, 0.25) is 19.6 Å². The van der Waals surface area contributed by atoms with E-state index < -0.39 is 8.07 Å². The van der Waals surface area contributed by atoms with E-state index in [1.54, 1.807) is 0 Å². The summed E-state index contributed by atoms with van der Waals surface area (Å²) in [5.41, 5.74) is 3.44. The highest BCUT2D eigenvalue weighted by atomic mass is 32.1. The number of pyridine rings is 1. The van der Waals surface area contributed by atoms with Gasteiger partial charge in [0.15, 0.2) is 0 Å². The third-order valence-corrected chi connectivity index (χ3v) is 9.42. The van der Waals surface area contributed by atoms with Crippen LogP contribution in [-0.2, 0) is 0 Å². The van der Waals surface area contributed by atoms with Gasteiger partial charge in [-0.15, -0.1) is 11.3 Å². The molecule has 31 heavy (non-hydrogen) atoms. The van der Waals surface area contributed by atoms with Gasteiger partial charge in [0, 0.05) is 31.1 Å². The molecule has 2 aromatic heterocycles. The number of thiophene rings is 1. The molecule has 3 heteroatoms. The van der Waals surface area contributed by atoms with E-state index in [2.05, 4.69) is 105 Å². The fourth-order valence-corrected chi connectivity index (χ4v) is 7.49. The largest absolute Gasteiger partial charge is 0.248 e. The Morgan fingerprint density at radius 3 is 2.29 bits per heavy atom. The Morgan fingerprint density at radius 2 is 1.45 bits per heavy atom. The lowest BCUT2D eigenvalue weighted by Gasteiger charge is -2.22. The van der Waals surface area contributed by atoms with Crippen LogP contribution in [0, 0.1) is 0 Å². The highest BCUT2D eigenvalue weighted by molar-refractivity contribution is 7.26. The summed E-state index contributed by atoms with van der Waals surface area (Å²) < 4.78 is 2.67. The van der Waals surface area contributed by atoms with Gasteiger partial charge in [-0.1, -0.05) is 86.4 Å². The summed E-state index contributed by atoms with van der Waals surface area (Å²) in [7, 11) is -1.62. The average molecular weight is 434 g/mol. The van der Waals surface area contributed by atoms with Gasteiger partial charge < -0.3 is 0 Å². The summed E-state index contributed by atoms with van der Waals surface area (Å²) in [5.74, 6) is 0. The number of fused-ring (bicyclic) bond motifs is 6. The van der Waals surface area contributed by atoms with Gasteiger partial charge in [0.2, 0.25) is 0 Å². The average Bonchev–Trinajstić information content (AvgIpc) is 3.16. The van der Waals surface area contributed by atoms with Crippen molar-refractivity contribution in [1.82, 2.24) is 4.98 Å². The molecule has 1 nitrogen and oxygen atoms in total. The minimum Gasteiger partial charge on any atom is -0.248 e. The first-order chi connectivity index (χ1) is 15.0. The maximum atomic E-state index is 5.22. The smallest absolute Gasteiger partial charge is 0.0786 e. The van der Waals surface area contributed by atoms with E-state index in [4.69, 9.17) is 4.98 Å². The zero-order valence-corrected chi connectivity index (χ0v) is 19.8. The molecule has 0 aliphatic carbocycles. The van der Waals surface area contributed by atoms with Crippen molar-refractivity contribution in [2.75, 3.05) is 0 Å². The highest BCUT2D eigenvalue weighted by Crippen LogP contribution is 2.39. The molecular weight excluding hydrogens is 410 g/mol. The Balaban J connectivity index is 1.72. The predicted molar refractivity (Wildman–Crippen MR) is 141 cm³/mol. The van der Waals surface area contributed by atoms with E-state index in [1.165, 1.54) is 47.1 Å². The molecule has 150 valence electrons. The van der Waals surface area contributed by atoms with E-state index in [0.717, 1.165) is 11.2 Å². The van der Waals surface area contributed by atoms with Crippen LogP contribution in [0.25, 0.3) is 53.1 Å². The minimum absolute atomic E-state index is 1.09. The lowest BCUT2D eigenvalue weighted by Crippen LogP contribution is -2.38. The summed E-state index contributed by atoms with van der Waals surface area (Å²) in [4.78, 5) is 5.22. The molecule has 6 rings (SSSR count). The number of hydrogen-bond acceptors (Lipinski definition) is 2. The SMILES string of the molecule is C[Si](C)(C)c1cc(-c2cccc3c2sc2ccccc23)nc2ccc3ccccc3c12. The lowest BCUT2D eigenvalue weighted by atomic mass is 10.0. The molecule has 0 saturated carbocycles. The van der Waals surface area contributed by atoms with Crippen LogP contribution in [0.5, 0.6) is 0 Å². The van der Waals surface area contributed by atoms with Crippen molar-refractivity contribution in [1.29, 1.82) is 0 Å². The summed E-state index contributed by atoms with van der Waals surface area (Å²) in [6, 6.07) is 30.9. The first kappa shape index (κ1) is 18.7. The van der Waals surface area contributed by atoms with E-state index in [-0.39, 0.29) is 0 Å². The third kappa shape index (κ3) is 2.92. The van der Waals surface area contributed by atoms with Crippen LogP contribution in [-0.4, -0.2) is 13.1 Å². The Kier molecular flexibility index (Phi) is 4.07. The number of hydrogen-bond donors (Lipinski definition) is 0. The van der Waals surface area contributed by atoms with Gasteiger partial charge in [0.25, 0.3) is 0 Å². The molecule has 0 aliphatic rings. The molecule has 4 aromatic carbocycles. The number of nitrogens with zero attached hydrogens (tertiary/aromatic N) is 1. The molecule has 0 unspecified atom stereocenters. The summed E-state index contributed by atoms with van der Waals surface area (Å²) in [5, 5.41) is 8.09. The van der Waals surface area contributed by atoms with Crippen LogP contribution in [0.4, 0.5) is 0 Å². The highest BCUT2D eigenvalue weighted by Gasteiger charge is 2.23. The zero-order chi connectivity index (χ0) is 21.2. The Hall–Kier alpha value is -3.01. The van der Waals surface area contributed by atoms with Crippen LogP contribution in [0.1, 0.15) is 0 Å². The van der Waals surface area contributed by atoms with E-state index in [1.807, 2.05) is 11.3 Å². The second-order valence-electron chi connectivity index (χ2n) is 9.27. The van der Waals surface area contributed by atoms with Gasteiger partial charge in [0.1, 0.15) is 0 Å². The van der Waals surface area contributed by atoms with E-state index in [9.17, 15) is 0 Å². The van der Waals surface area contributed by atoms with Gasteiger partial charge in [-0.25, -0.2) is 4.98 Å². The molecule has 6 aromatic rings. The monoisotopic (exact) mass is 433 g/mol. The molecule has 0 amide bonds. The molecule has 0 radical (unpaired) electrons. The van der Waals surface area contributed by atoms with Crippen molar-refractivity contribution in [2.24, 2.45) is 0 Å². The standard InChI is InChI=1S/C28H23NSSi/c1-31(2,3)26-17-24(29-23-16-15-18-9-4-5-10-19(18)27(23)26)22-13-8-12-21-20-11-6-7-14-25(20)30-28(21)22/h4-17H,1-3H3. The third-order valence-electron chi connectivity index (χ3n) is 6.19. The minimum atomic E-state index is -1.62. The Morgan fingerprint density at radius 1 is 0.710 bits per heavy atom. The topological polar surface area (TPSA) is 12.9 Å². The van der Waals surface area contributed by atoms with Crippen molar-refractivity contribution >= 4 is 66.4 Å². The molecule has 0 atom stereocenters. The lowest BCUT2D eigenvalue weighted by molar-refractivity contribution is 1.42. The quantitative estimate of drug-likeness (QED) is 0.199. The molecular formula is C28H23NSSi. The van der Waals surface area contributed by atoms with Crippen molar-refractivity contribution in [3.8, 4) is 11.3 Å². The van der Waals surface area contributed by atoms with Gasteiger partial charge in [-0.05, 0) is 34.2 Å². The van der Waals surface area contributed by atoms with Crippen molar-refractivity contribution in [3.05, 3.63) is 84.9 Å². The second-order valence-corrected chi connectivity index (χ2v) is 15.4. The van der Waals surface area contributed by atoms with Gasteiger partial charge in [-0.2, -0.15) is 0 Å². The van der Waals surface area contributed by atoms with Gasteiger partial charge >= 0.3 is 0 Å². The van der Waals surface area contributed by atoms with Crippen molar-refractivity contribution < 1.29 is 0 Å². The summed E-state index contributed by atoms with van der Waals surface area (Å²) in [6.45, 7) is 7.31. The number of aromatic nitrogens is 1. The predicted octanol–water partition coefficient (Wildman–Crippen LogP) is 7.97. The molecule has 2 heterocycles. The van der Waals surface area contributed by atoms with Crippen LogP contribution < -0.4 is 5.19 Å². The van der Waals surface area contributed by atoms with Crippen LogP contribution >= 0.6 is 11.3 Å². The summed E-state index contributed by atoms with van der Waals surface area (Å²) in [6.07, 6.45) is 0. The van der Waals surface area contributed by atoms with Gasteiger partial charge in [-0.3, -0.25) is 0 Å². The van der Waals surface area contributed by atoms with E-state index in [0.29, 0.717) is 0 Å². The molecule has 0 bridgehead atoms. The molecule has 0 N–H and O–H groups in total.